The molecule has 0 radical (unpaired) electrons. The van der Waals surface area contributed by atoms with Crippen molar-refractivity contribution in [1.29, 1.82) is 0 Å². The van der Waals surface area contributed by atoms with Crippen molar-refractivity contribution in [1.82, 2.24) is 0 Å². The molecule has 0 saturated carbocycles. The van der Waals surface area contributed by atoms with E-state index in [0.29, 0.717) is 6.04 Å². The standard InChI is InChI=1S/C12H16BrNOS/c1-15-10-4-5-11(13)12(7-10)14-9-3-2-6-16-8-9/h4-5,7,9,14H,2-3,6,8H2,1H3. The SMILES string of the molecule is COc1ccc(Br)c(NC2CCCSC2)c1. The highest BCUT2D eigenvalue weighted by molar-refractivity contribution is 9.10. The van der Waals surface area contributed by atoms with Crippen molar-refractivity contribution >= 4 is 33.4 Å². The van der Waals surface area contributed by atoms with Gasteiger partial charge in [-0.25, -0.2) is 0 Å². The number of hydrogen-bond donors (Lipinski definition) is 1. The van der Waals surface area contributed by atoms with Gasteiger partial charge in [-0.05, 0) is 46.7 Å². The molecule has 1 unspecified atom stereocenters. The summed E-state index contributed by atoms with van der Waals surface area (Å²) >= 11 is 5.59. The van der Waals surface area contributed by atoms with Gasteiger partial charge in [-0.1, -0.05) is 0 Å². The number of rotatable bonds is 3. The van der Waals surface area contributed by atoms with Crippen molar-refractivity contribution in [2.45, 2.75) is 18.9 Å². The Balaban J connectivity index is 2.06. The number of methoxy groups -OCH3 is 1. The molecule has 16 heavy (non-hydrogen) atoms. The highest BCUT2D eigenvalue weighted by Crippen LogP contribution is 2.29. The first-order valence-corrected chi connectivity index (χ1v) is 7.42. The van der Waals surface area contributed by atoms with Crippen LogP contribution in [0.15, 0.2) is 22.7 Å². The summed E-state index contributed by atoms with van der Waals surface area (Å²) in [6.07, 6.45) is 2.57. The molecule has 1 aromatic rings. The van der Waals surface area contributed by atoms with Gasteiger partial charge in [0.15, 0.2) is 0 Å². The lowest BCUT2D eigenvalue weighted by atomic mass is 10.1. The molecule has 1 N–H and O–H groups in total. The van der Waals surface area contributed by atoms with E-state index < -0.39 is 0 Å². The number of hydrogen-bond acceptors (Lipinski definition) is 3. The van der Waals surface area contributed by atoms with Crippen molar-refractivity contribution in [2.75, 3.05) is 23.9 Å². The van der Waals surface area contributed by atoms with E-state index >= 15 is 0 Å². The third-order valence-electron chi connectivity index (χ3n) is 2.69. The van der Waals surface area contributed by atoms with Crippen LogP contribution in [0.4, 0.5) is 5.69 Å². The fraction of sp³-hybridized carbons (Fsp3) is 0.500. The van der Waals surface area contributed by atoms with Crippen molar-refractivity contribution in [2.24, 2.45) is 0 Å². The summed E-state index contributed by atoms with van der Waals surface area (Å²) in [5, 5.41) is 3.58. The van der Waals surface area contributed by atoms with Crippen LogP contribution >= 0.6 is 27.7 Å². The minimum absolute atomic E-state index is 0.585. The maximum atomic E-state index is 5.23. The summed E-state index contributed by atoms with van der Waals surface area (Å²) in [6.45, 7) is 0. The van der Waals surface area contributed by atoms with Gasteiger partial charge in [-0.15, -0.1) is 0 Å². The Morgan fingerprint density at radius 2 is 2.38 bits per heavy atom. The van der Waals surface area contributed by atoms with Crippen LogP contribution in [0.25, 0.3) is 0 Å². The summed E-state index contributed by atoms with van der Waals surface area (Å²) in [7, 11) is 1.70. The minimum Gasteiger partial charge on any atom is -0.497 e. The number of nitrogens with one attached hydrogen (secondary N) is 1. The van der Waals surface area contributed by atoms with E-state index in [-0.39, 0.29) is 0 Å². The van der Waals surface area contributed by atoms with Gasteiger partial charge in [0.2, 0.25) is 0 Å². The van der Waals surface area contributed by atoms with Gasteiger partial charge in [-0.2, -0.15) is 11.8 Å². The monoisotopic (exact) mass is 301 g/mol. The Morgan fingerprint density at radius 1 is 1.50 bits per heavy atom. The van der Waals surface area contributed by atoms with Crippen LogP contribution in [0.5, 0.6) is 5.75 Å². The van der Waals surface area contributed by atoms with Crippen LogP contribution in [0.1, 0.15) is 12.8 Å². The quantitative estimate of drug-likeness (QED) is 0.918. The van der Waals surface area contributed by atoms with Crippen molar-refractivity contribution in [3.8, 4) is 5.75 Å². The van der Waals surface area contributed by atoms with E-state index in [1.54, 1.807) is 7.11 Å². The molecule has 1 aliphatic heterocycles. The van der Waals surface area contributed by atoms with Crippen LogP contribution in [0.3, 0.4) is 0 Å². The number of thioether (sulfide) groups is 1. The van der Waals surface area contributed by atoms with E-state index in [4.69, 9.17) is 4.74 Å². The Hall–Kier alpha value is -0.350. The maximum Gasteiger partial charge on any atom is 0.121 e. The molecule has 0 aromatic heterocycles. The highest BCUT2D eigenvalue weighted by atomic mass is 79.9. The van der Waals surface area contributed by atoms with Crippen molar-refractivity contribution in [3.63, 3.8) is 0 Å². The first-order valence-electron chi connectivity index (χ1n) is 5.47. The third kappa shape index (κ3) is 3.08. The Morgan fingerprint density at radius 3 is 3.06 bits per heavy atom. The van der Waals surface area contributed by atoms with Crippen LogP contribution in [0, 0.1) is 0 Å². The van der Waals surface area contributed by atoms with Crippen LogP contribution in [-0.4, -0.2) is 24.7 Å². The summed E-state index contributed by atoms with van der Waals surface area (Å²) in [4.78, 5) is 0. The molecule has 1 heterocycles. The summed E-state index contributed by atoms with van der Waals surface area (Å²) in [6, 6.07) is 6.62. The largest absolute Gasteiger partial charge is 0.497 e. The van der Waals surface area contributed by atoms with Gasteiger partial charge < -0.3 is 10.1 Å². The Kier molecular flexibility index (Phi) is 4.41. The minimum atomic E-state index is 0.585. The molecule has 0 amide bonds. The lowest BCUT2D eigenvalue weighted by Crippen LogP contribution is -2.25. The van der Waals surface area contributed by atoms with Crippen LogP contribution in [0.2, 0.25) is 0 Å². The second-order valence-electron chi connectivity index (χ2n) is 3.90. The fourth-order valence-electron chi connectivity index (χ4n) is 1.82. The summed E-state index contributed by atoms with van der Waals surface area (Å²) in [5.74, 6) is 3.40. The molecule has 2 rings (SSSR count). The highest BCUT2D eigenvalue weighted by Gasteiger charge is 2.14. The molecule has 88 valence electrons. The fourth-order valence-corrected chi connectivity index (χ4v) is 3.25. The molecule has 1 aromatic carbocycles. The summed E-state index contributed by atoms with van der Waals surface area (Å²) < 4.78 is 6.33. The predicted octanol–water partition coefficient (Wildman–Crippen LogP) is 3.77. The topological polar surface area (TPSA) is 21.3 Å². The zero-order chi connectivity index (χ0) is 11.4. The Bertz CT molecular complexity index is 353. The zero-order valence-corrected chi connectivity index (χ0v) is 11.7. The lowest BCUT2D eigenvalue weighted by Gasteiger charge is -2.24. The second kappa shape index (κ2) is 5.82. The molecule has 0 bridgehead atoms. The molecule has 1 aliphatic rings. The lowest BCUT2D eigenvalue weighted by molar-refractivity contribution is 0.415. The normalized spacial score (nSPS) is 20.5. The molecule has 4 heteroatoms. The molecule has 1 saturated heterocycles. The van der Waals surface area contributed by atoms with Gasteiger partial charge >= 0.3 is 0 Å². The first kappa shape index (κ1) is 12.1. The molecule has 1 fully saturated rings. The molecular weight excluding hydrogens is 286 g/mol. The van der Waals surface area contributed by atoms with Crippen molar-refractivity contribution in [3.05, 3.63) is 22.7 Å². The average Bonchev–Trinajstić information content (AvgIpc) is 2.33. The van der Waals surface area contributed by atoms with E-state index in [1.807, 2.05) is 30.0 Å². The summed E-state index contributed by atoms with van der Waals surface area (Å²) in [5.41, 5.74) is 1.13. The van der Waals surface area contributed by atoms with Gasteiger partial charge in [0.1, 0.15) is 5.75 Å². The van der Waals surface area contributed by atoms with E-state index in [2.05, 4.69) is 21.2 Å². The van der Waals surface area contributed by atoms with Gasteiger partial charge in [0.25, 0.3) is 0 Å². The number of anilines is 1. The van der Waals surface area contributed by atoms with Crippen molar-refractivity contribution < 1.29 is 4.74 Å². The van der Waals surface area contributed by atoms with Crippen LogP contribution in [-0.2, 0) is 0 Å². The van der Waals surface area contributed by atoms with E-state index in [1.165, 1.54) is 24.3 Å². The average molecular weight is 302 g/mol. The molecule has 0 aliphatic carbocycles. The molecule has 2 nitrogen and oxygen atoms in total. The zero-order valence-electron chi connectivity index (χ0n) is 9.33. The smallest absolute Gasteiger partial charge is 0.121 e. The number of halogens is 1. The third-order valence-corrected chi connectivity index (χ3v) is 4.60. The molecule has 0 spiro atoms. The van der Waals surface area contributed by atoms with Gasteiger partial charge in [-0.3, -0.25) is 0 Å². The molecule has 1 atom stereocenters. The van der Waals surface area contributed by atoms with Gasteiger partial charge in [0, 0.05) is 22.3 Å². The number of ether oxygens (including phenoxy) is 1. The van der Waals surface area contributed by atoms with Gasteiger partial charge in [0.05, 0.1) is 12.8 Å². The Labute approximate surface area is 109 Å². The van der Waals surface area contributed by atoms with Crippen LogP contribution < -0.4 is 10.1 Å². The second-order valence-corrected chi connectivity index (χ2v) is 5.91. The number of benzene rings is 1. The predicted molar refractivity (Wildman–Crippen MR) is 74.7 cm³/mol. The van der Waals surface area contributed by atoms with E-state index in [9.17, 15) is 0 Å². The first-order chi connectivity index (χ1) is 7.79. The maximum absolute atomic E-state index is 5.23. The van der Waals surface area contributed by atoms with E-state index in [0.717, 1.165) is 15.9 Å². The molecular formula is C12H16BrNOS.